The minimum atomic E-state index is 0.0933. The summed E-state index contributed by atoms with van der Waals surface area (Å²) in [5, 5.41) is 8.44. The van der Waals surface area contributed by atoms with Crippen molar-refractivity contribution in [1.29, 1.82) is 0 Å². The quantitative estimate of drug-likeness (QED) is 0.483. The van der Waals surface area contributed by atoms with Crippen LogP contribution in [-0.2, 0) is 4.79 Å². The van der Waals surface area contributed by atoms with Crippen molar-refractivity contribution in [2.75, 3.05) is 26.7 Å². The monoisotopic (exact) mass is 444 g/mol. The van der Waals surface area contributed by atoms with Gasteiger partial charge in [-0.3, -0.25) is 9.69 Å². The van der Waals surface area contributed by atoms with E-state index in [9.17, 15) is 4.79 Å². The number of benzene rings is 1. The highest BCUT2D eigenvalue weighted by Crippen LogP contribution is 2.38. The Morgan fingerprint density at radius 1 is 1.21 bits per heavy atom. The number of nitrogens with zero attached hydrogens (tertiary/aromatic N) is 4. The Morgan fingerprint density at radius 2 is 2.00 bits per heavy atom. The van der Waals surface area contributed by atoms with E-state index in [2.05, 4.69) is 69.5 Å². The van der Waals surface area contributed by atoms with Crippen LogP contribution in [0.3, 0.4) is 0 Å². The zero-order chi connectivity index (χ0) is 23.1. The number of hydrogen-bond donors (Lipinski definition) is 2. The highest BCUT2D eigenvalue weighted by Gasteiger charge is 2.23. The normalized spacial score (nSPS) is 15.7. The molecular weight excluding hydrogens is 412 g/mol. The van der Waals surface area contributed by atoms with E-state index in [-0.39, 0.29) is 5.91 Å². The van der Waals surface area contributed by atoms with E-state index in [0.29, 0.717) is 18.4 Å². The van der Waals surface area contributed by atoms with Crippen LogP contribution < -0.4 is 5.32 Å². The van der Waals surface area contributed by atoms with Gasteiger partial charge in [-0.2, -0.15) is 5.10 Å². The van der Waals surface area contributed by atoms with Gasteiger partial charge in [-0.15, -0.1) is 0 Å². The first-order chi connectivity index (χ1) is 15.9. The summed E-state index contributed by atoms with van der Waals surface area (Å²) >= 11 is 0. The lowest BCUT2D eigenvalue weighted by Crippen LogP contribution is -2.40. The smallest absolute Gasteiger partial charge is 0.233 e. The van der Waals surface area contributed by atoms with E-state index in [0.717, 1.165) is 43.0 Å². The van der Waals surface area contributed by atoms with Crippen molar-refractivity contribution in [3.05, 3.63) is 53.5 Å². The van der Waals surface area contributed by atoms with E-state index in [4.69, 9.17) is 0 Å². The second kappa shape index (κ2) is 8.63. The van der Waals surface area contributed by atoms with Gasteiger partial charge in [0, 0.05) is 29.7 Å². The molecule has 0 bridgehead atoms. The lowest BCUT2D eigenvalue weighted by molar-refractivity contribution is -0.122. The molecule has 0 saturated carbocycles. The second-order valence-electron chi connectivity index (χ2n) is 9.47. The van der Waals surface area contributed by atoms with Crippen molar-refractivity contribution in [1.82, 2.24) is 29.8 Å². The van der Waals surface area contributed by atoms with E-state index in [1.165, 1.54) is 27.7 Å². The Labute approximate surface area is 194 Å². The molecule has 0 aliphatic carbocycles. The van der Waals surface area contributed by atoms with Crippen LogP contribution in [0.15, 0.2) is 36.5 Å². The van der Waals surface area contributed by atoms with E-state index >= 15 is 0 Å². The van der Waals surface area contributed by atoms with Gasteiger partial charge in [-0.05, 0) is 80.1 Å². The van der Waals surface area contributed by atoms with E-state index in [1.807, 2.05) is 17.6 Å². The van der Waals surface area contributed by atoms with Gasteiger partial charge in [-0.1, -0.05) is 19.9 Å². The number of pyridine rings is 1. The van der Waals surface area contributed by atoms with E-state index < -0.39 is 0 Å². The Balaban J connectivity index is 1.47. The summed E-state index contributed by atoms with van der Waals surface area (Å²) in [6, 6.07) is 11.1. The average molecular weight is 445 g/mol. The molecule has 4 heterocycles. The van der Waals surface area contributed by atoms with Crippen molar-refractivity contribution in [3.8, 4) is 11.3 Å². The van der Waals surface area contributed by atoms with Crippen molar-refractivity contribution in [2.24, 2.45) is 0 Å². The fourth-order valence-electron chi connectivity index (χ4n) is 5.17. The standard InChI is InChI=1S/C26H32N6O/c1-16(2)25-21-13-19(18-7-10-31(11-8-18)15-24(33)27-4)5-6-22(21)29-26(25)20-9-12-32-23(14-20)28-17(3)30-32/h5-6,9,12-14,16,18,29H,7-8,10-11,15H2,1-4H3,(H,27,33). The van der Waals surface area contributed by atoms with Gasteiger partial charge in [-0.25, -0.2) is 9.50 Å². The maximum absolute atomic E-state index is 11.7. The van der Waals surface area contributed by atoms with Gasteiger partial charge >= 0.3 is 0 Å². The third-order valence-electron chi connectivity index (χ3n) is 6.88. The molecule has 2 N–H and O–H groups in total. The lowest BCUT2D eigenvalue weighted by atomic mass is 9.87. The summed E-state index contributed by atoms with van der Waals surface area (Å²) in [4.78, 5) is 22.2. The first-order valence-corrected chi connectivity index (χ1v) is 11.8. The zero-order valence-corrected chi connectivity index (χ0v) is 19.9. The number of fused-ring (bicyclic) bond motifs is 2. The number of carbonyl (C=O) groups excluding carboxylic acids is 1. The first kappa shape index (κ1) is 21.6. The number of rotatable bonds is 5. The predicted octanol–water partition coefficient (Wildman–Crippen LogP) is 4.23. The fraction of sp³-hybridized carbons (Fsp3) is 0.423. The molecule has 0 spiro atoms. The molecule has 0 atom stereocenters. The summed E-state index contributed by atoms with van der Waals surface area (Å²) in [6.07, 6.45) is 4.15. The Morgan fingerprint density at radius 3 is 2.73 bits per heavy atom. The van der Waals surface area contributed by atoms with E-state index in [1.54, 1.807) is 7.05 Å². The van der Waals surface area contributed by atoms with Crippen LogP contribution in [0, 0.1) is 6.92 Å². The van der Waals surface area contributed by atoms with Gasteiger partial charge < -0.3 is 10.3 Å². The number of aromatic nitrogens is 4. The number of carbonyl (C=O) groups is 1. The molecule has 7 heteroatoms. The molecule has 33 heavy (non-hydrogen) atoms. The Bertz CT molecular complexity index is 1310. The molecule has 1 aromatic carbocycles. The van der Waals surface area contributed by atoms with Crippen LogP contribution >= 0.6 is 0 Å². The number of amides is 1. The largest absolute Gasteiger partial charge is 0.358 e. The van der Waals surface area contributed by atoms with Crippen LogP contribution in [0.1, 0.15) is 55.5 Å². The third kappa shape index (κ3) is 4.13. The minimum Gasteiger partial charge on any atom is -0.358 e. The molecular formula is C26H32N6O. The maximum atomic E-state index is 11.7. The number of piperidine rings is 1. The third-order valence-corrected chi connectivity index (χ3v) is 6.88. The molecule has 1 amide bonds. The van der Waals surface area contributed by atoms with Gasteiger partial charge in [0.2, 0.25) is 5.91 Å². The molecule has 172 valence electrons. The second-order valence-corrected chi connectivity index (χ2v) is 9.47. The highest BCUT2D eigenvalue weighted by molar-refractivity contribution is 5.92. The van der Waals surface area contributed by atoms with Crippen LogP contribution in [0.25, 0.3) is 27.8 Å². The molecule has 1 aliphatic heterocycles. The maximum Gasteiger partial charge on any atom is 0.233 e. The molecule has 0 unspecified atom stereocenters. The number of H-pyrrole nitrogens is 1. The van der Waals surface area contributed by atoms with Crippen molar-refractivity contribution >= 4 is 22.5 Å². The van der Waals surface area contributed by atoms with Gasteiger partial charge in [0.1, 0.15) is 5.82 Å². The van der Waals surface area contributed by atoms with Crippen molar-refractivity contribution < 1.29 is 4.79 Å². The molecule has 0 radical (unpaired) electrons. The SMILES string of the molecule is CNC(=O)CN1CCC(c2ccc3[nH]c(-c4ccn5nc(C)nc5c4)c(C(C)C)c3c2)CC1. The molecule has 1 aliphatic rings. The fourth-order valence-corrected chi connectivity index (χ4v) is 5.17. The molecule has 5 rings (SSSR count). The zero-order valence-electron chi connectivity index (χ0n) is 19.9. The van der Waals surface area contributed by atoms with Crippen LogP contribution in [0.2, 0.25) is 0 Å². The van der Waals surface area contributed by atoms with Crippen molar-refractivity contribution in [2.45, 2.75) is 45.4 Å². The van der Waals surface area contributed by atoms with Gasteiger partial charge in [0.05, 0.1) is 12.2 Å². The van der Waals surface area contributed by atoms with Crippen LogP contribution in [-0.4, -0.2) is 57.1 Å². The van der Waals surface area contributed by atoms with Gasteiger partial charge in [0.25, 0.3) is 0 Å². The van der Waals surface area contributed by atoms with Crippen molar-refractivity contribution in [3.63, 3.8) is 0 Å². The average Bonchev–Trinajstić information content (AvgIpc) is 3.37. The number of aryl methyl sites for hydroxylation is 1. The minimum absolute atomic E-state index is 0.0933. The Kier molecular flexibility index (Phi) is 5.66. The number of likely N-dealkylation sites (tertiary alicyclic amines) is 1. The number of aromatic amines is 1. The molecule has 4 aromatic rings. The van der Waals surface area contributed by atoms with Crippen LogP contribution in [0.5, 0.6) is 0 Å². The first-order valence-electron chi connectivity index (χ1n) is 11.8. The Hall–Kier alpha value is -3.19. The molecule has 1 fully saturated rings. The number of hydrogen-bond acceptors (Lipinski definition) is 4. The van der Waals surface area contributed by atoms with Crippen LogP contribution in [0.4, 0.5) is 0 Å². The number of nitrogens with one attached hydrogen (secondary N) is 2. The summed E-state index contributed by atoms with van der Waals surface area (Å²) in [5.74, 6) is 1.79. The van der Waals surface area contributed by atoms with Gasteiger partial charge in [0.15, 0.2) is 5.65 Å². The topological polar surface area (TPSA) is 78.3 Å². The summed E-state index contributed by atoms with van der Waals surface area (Å²) in [6.45, 7) is 8.86. The predicted molar refractivity (Wildman–Crippen MR) is 132 cm³/mol. The summed E-state index contributed by atoms with van der Waals surface area (Å²) in [7, 11) is 1.70. The summed E-state index contributed by atoms with van der Waals surface area (Å²) < 4.78 is 1.82. The molecule has 7 nitrogen and oxygen atoms in total. The lowest BCUT2D eigenvalue weighted by Gasteiger charge is -2.31. The molecule has 1 saturated heterocycles. The molecule has 3 aromatic heterocycles. The highest BCUT2D eigenvalue weighted by atomic mass is 16.1. The number of likely N-dealkylation sites (N-methyl/N-ethyl adjacent to an activating group) is 1. The summed E-state index contributed by atoms with van der Waals surface area (Å²) in [5.41, 5.74) is 7.09.